The van der Waals surface area contributed by atoms with E-state index in [4.69, 9.17) is 27.9 Å². The third kappa shape index (κ3) is 4.70. The van der Waals surface area contributed by atoms with Crippen LogP contribution in [-0.2, 0) is 11.3 Å². The van der Waals surface area contributed by atoms with Crippen LogP contribution in [0.3, 0.4) is 0 Å². The summed E-state index contributed by atoms with van der Waals surface area (Å²) in [5.41, 5.74) is 1.97. The van der Waals surface area contributed by atoms with Crippen molar-refractivity contribution in [3.8, 4) is 5.75 Å². The summed E-state index contributed by atoms with van der Waals surface area (Å²) >= 11 is 12.5. The van der Waals surface area contributed by atoms with Gasteiger partial charge in [0, 0.05) is 48.3 Å². The van der Waals surface area contributed by atoms with Crippen molar-refractivity contribution in [3.63, 3.8) is 0 Å². The number of carbonyl (C=O) groups excluding carboxylic acids is 1. The van der Waals surface area contributed by atoms with Crippen LogP contribution in [0.15, 0.2) is 42.5 Å². The maximum atomic E-state index is 12.4. The Hall–Kier alpha value is -1.75. The Balaban J connectivity index is 1.49. The lowest BCUT2D eigenvalue weighted by atomic mass is 10.2. The summed E-state index contributed by atoms with van der Waals surface area (Å²) in [6.07, 6.45) is 0. The predicted molar refractivity (Wildman–Crippen MR) is 105 cm³/mol. The Morgan fingerprint density at radius 1 is 1.00 bits per heavy atom. The van der Waals surface area contributed by atoms with Gasteiger partial charge in [-0.1, -0.05) is 47.5 Å². The Morgan fingerprint density at radius 2 is 1.65 bits per heavy atom. The molecule has 0 radical (unpaired) electrons. The van der Waals surface area contributed by atoms with E-state index >= 15 is 0 Å². The van der Waals surface area contributed by atoms with E-state index in [1.165, 1.54) is 0 Å². The number of hydrogen-bond acceptors (Lipinski definition) is 3. The van der Waals surface area contributed by atoms with Crippen LogP contribution in [0.1, 0.15) is 11.1 Å². The van der Waals surface area contributed by atoms with Crippen molar-refractivity contribution in [2.24, 2.45) is 0 Å². The monoisotopic (exact) mass is 392 g/mol. The van der Waals surface area contributed by atoms with Crippen molar-refractivity contribution in [2.75, 3.05) is 32.8 Å². The number of para-hydroxylation sites is 1. The van der Waals surface area contributed by atoms with E-state index in [1.807, 2.05) is 54.3 Å². The van der Waals surface area contributed by atoms with Crippen LogP contribution in [0.25, 0.3) is 0 Å². The number of rotatable bonds is 5. The first-order chi connectivity index (χ1) is 12.5. The lowest BCUT2D eigenvalue weighted by molar-refractivity contribution is -0.135. The van der Waals surface area contributed by atoms with Crippen molar-refractivity contribution in [2.45, 2.75) is 13.5 Å². The number of piperazine rings is 1. The topological polar surface area (TPSA) is 32.8 Å². The first-order valence-electron chi connectivity index (χ1n) is 8.66. The molecule has 0 atom stereocenters. The first-order valence-corrected chi connectivity index (χ1v) is 9.41. The van der Waals surface area contributed by atoms with Crippen LogP contribution >= 0.6 is 23.2 Å². The van der Waals surface area contributed by atoms with Gasteiger partial charge < -0.3 is 9.64 Å². The smallest absolute Gasteiger partial charge is 0.260 e. The molecule has 1 amide bonds. The highest BCUT2D eigenvalue weighted by molar-refractivity contribution is 6.35. The molecule has 0 aliphatic carbocycles. The average Bonchev–Trinajstić information content (AvgIpc) is 2.64. The van der Waals surface area contributed by atoms with Gasteiger partial charge >= 0.3 is 0 Å². The Kier molecular flexibility index (Phi) is 6.41. The minimum Gasteiger partial charge on any atom is -0.484 e. The number of hydrogen-bond donors (Lipinski definition) is 0. The van der Waals surface area contributed by atoms with Crippen LogP contribution in [0.5, 0.6) is 5.75 Å². The molecule has 0 N–H and O–H groups in total. The molecule has 1 heterocycles. The van der Waals surface area contributed by atoms with E-state index < -0.39 is 0 Å². The third-order valence-electron chi connectivity index (χ3n) is 4.61. The molecular formula is C20H22Cl2N2O2. The number of benzene rings is 2. The number of aryl methyl sites for hydroxylation is 1. The highest BCUT2D eigenvalue weighted by Gasteiger charge is 2.22. The van der Waals surface area contributed by atoms with E-state index in [1.54, 1.807) is 0 Å². The van der Waals surface area contributed by atoms with Crippen LogP contribution in [0, 0.1) is 6.92 Å². The van der Waals surface area contributed by atoms with E-state index in [9.17, 15) is 4.79 Å². The number of carbonyl (C=O) groups is 1. The van der Waals surface area contributed by atoms with Crippen molar-refractivity contribution in [1.82, 2.24) is 9.80 Å². The van der Waals surface area contributed by atoms with Crippen molar-refractivity contribution in [3.05, 3.63) is 63.6 Å². The molecule has 6 heteroatoms. The first kappa shape index (κ1) is 19.0. The number of ether oxygens (including phenoxy) is 1. The molecule has 138 valence electrons. The van der Waals surface area contributed by atoms with Crippen molar-refractivity contribution < 1.29 is 9.53 Å². The average molecular weight is 393 g/mol. The zero-order valence-corrected chi connectivity index (χ0v) is 16.3. The molecule has 0 spiro atoms. The molecule has 0 saturated carbocycles. The Labute approximate surface area is 164 Å². The van der Waals surface area contributed by atoms with Gasteiger partial charge in [-0.05, 0) is 30.7 Å². The van der Waals surface area contributed by atoms with Crippen LogP contribution in [0.4, 0.5) is 0 Å². The minimum atomic E-state index is 0.0173. The fourth-order valence-corrected chi connectivity index (χ4v) is 3.53. The third-order valence-corrected chi connectivity index (χ3v) is 5.32. The van der Waals surface area contributed by atoms with Gasteiger partial charge in [0.2, 0.25) is 0 Å². The summed E-state index contributed by atoms with van der Waals surface area (Å²) < 4.78 is 5.67. The van der Waals surface area contributed by atoms with Gasteiger partial charge in [0.25, 0.3) is 5.91 Å². The van der Waals surface area contributed by atoms with E-state index in [-0.39, 0.29) is 12.5 Å². The molecule has 0 bridgehead atoms. The molecule has 1 aliphatic rings. The molecule has 1 fully saturated rings. The normalized spacial score (nSPS) is 15.1. The minimum absolute atomic E-state index is 0.0173. The zero-order valence-electron chi connectivity index (χ0n) is 14.8. The molecule has 26 heavy (non-hydrogen) atoms. The van der Waals surface area contributed by atoms with Gasteiger partial charge in [0.15, 0.2) is 6.61 Å². The van der Waals surface area contributed by atoms with Gasteiger partial charge in [-0.2, -0.15) is 0 Å². The van der Waals surface area contributed by atoms with Crippen LogP contribution in [-0.4, -0.2) is 48.5 Å². The van der Waals surface area contributed by atoms with Crippen molar-refractivity contribution >= 4 is 29.1 Å². The summed E-state index contributed by atoms with van der Waals surface area (Å²) in [4.78, 5) is 16.5. The molecule has 1 aliphatic heterocycles. The summed E-state index contributed by atoms with van der Waals surface area (Å²) in [5, 5.41) is 1.37. The molecular weight excluding hydrogens is 371 g/mol. The molecule has 3 rings (SSSR count). The largest absolute Gasteiger partial charge is 0.484 e. The van der Waals surface area contributed by atoms with E-state index in [2.05, 4.69) is 4.90 Å². The predicted octanol–water partition coefficient (Wildman–Crippen LogP) is 4.03. The van der Waals surface area contributed by atoms with Crippen molar-refractivity contribution in [1.29, 1.82) is 0 Å². The fourth-order valence-electron chi connectivity index (χ4n) is 3.01. The molecule has 4 nitrogen and oxygen atoms in total. The van der Waals surface area contributed by atoms with E-state index in [0.29, 0.717) is 29.7 Å². The zero-order chi connectivity index (χ0) is 18.5. The lowest BCUT2D eigenvalue weighted by Gasteiger charge is -2.35. The molecule has 0 unspecified atom stereocenters. The van der Waals surface area contributed by atoms with Gasteiger partial charge in [-0.3, -0.25) is 9.69 Å². The molecule has 1 saturated heterocycles. The molecule has 2 aromatic rings. The fraction of sp³-hybridized carbons (Fsp3) is 0.350. The van der Waals surface area contributed by atoms with Gasteiger partial charge in [-0.25, -0.2) is 0 Å². The highest BCUT2D eigenvalue weighted by Crippen LogP contribution is 2.26. The summed E-state index contributed by atoms with van der Waals surface area (Å²) in [5.74, 6) is 0.775. The maximum absolute atomic E-state index is 12.4. The van der Waals surface area contributed by atoms with Gasteiger partial charge in [-0.15, -0.1) is 0 Å². The van der Waals surface area contributed by atoms with E-state index in [0.717, 1.165) is 30.0 Å². The number of halogens is 2. The summed E-state index contributed by atoms with van der Waals surface area (Å²) in [6, 6.07) is 13.3. The van der Waals surface area contributed by atoms with Crippen LogP contribution in [0.2, 0.25) is 10.0 Å². The highest BCUT2D eigenvalue weighted by atomic mass is 35.5. The SMILES string of the molecule is Cc1ccccc1OCC(=O)N1CCN(Cc2c(Cl)cccc2Cl)CC1. The second-order valence-electron chi connectivity index (χ2n) is 6.41. The summed E-state index contributed by atoms with van der Waals surface area (Å²) in [6.45, 7) is 5.67. The second kappa shape index (κ2) is 8.76. The lowest BCUT2D eigenvalue weighted by Crippen LogP contribution is -2.49. The standard InChI is InChI=1S/C20H22Cl2N2O2/c1-15-5-2-3-8-19(15)26-14-20(25)24-11-9-23(10-12-24)13-16-17(21)6-4-7-18(16)22/h2-8H,9-14H2,1H3. The maximum Gasteiger partial charge on any atom is 0.260 e. The number of amides is 1. The quantitative estimate of drug-likeness (QED) is 0.769. The number of nitrogens with zero attached hydrogens (tertiary/aromatic N) is 2. The Morgan fingerprint density at radius 3 is 2.31 bits per heavy atom. The molecule has 2 aromatic carbocycles. The van der Waals surface area contributed by atoms with Crippen LogP contribution < -0.4 is 4.74 Å². The van der Waals surface area contributed by atoms with Gasteiger partial charge in [0.05, 0.1) is 0 Å². The molecule has 0 aromatic heterocycles. The Bertz CT molecular complexity index is 754. The second-order valence-corrected chi connectivity index (χ2v) is 7.23. The van der Waals surface area contributed by atoms with Gasteiger partial charge in [0.1, 0.15) is 5.75 Å². The summed E-state index contributed by atoms with van der Waals surface area (Å²) in [7, 11) is 0.